The Kier molecular flexibility index (Phi) is 12.3. The first-order chi connectivity index (χ1) is 11.8. The van der Waals surface area contributed by atoms with Crippen molar-refractivity contribution >= 4 is 29.9 Å². The van der Waals surface area contributed by atoms with E-state index in [4.69, 9.17) is 10.5 Å². The normalized spacial score (nSPS) is 12.7. The highest BCUT2D eigenvalue weighted by Crippen LogP contribution is 2.29. The number of ether oxygens (including phenoxy) is 2. The number of nitrogens with two attached hydrogens (primary N) is 1. The lowest BCUT2D eigenvalue weighted by Crippen LogP contribution is -2.38. The van der Waals surface area contributed by atoms with Gasteiger partial charge in [-0.2, -0.15) is 8.78 Å². The van der Waals surface area contributed by atoms with Gasteiger partial charge < -0.3 is 20.5 Å². The van der Waals surface area contributed by atoms with Crippen LogP contribution in [0, 0.1) is 5.92 Å². The van der Waals surface area contributed by atoms with Crippen LogP contribution < -0.4 is 20.5 Å². The van der Waals surface area contributed by atoms with E-state index in [0.29, 0.717) is 17.4 Å². The van der Waals surface area contributed by atoms with Gasteiger partial charge in [-0.25, -0.2) is 4.99 Å². The van der Waals surface area contributed by atoms with Crippen LogP contribution in [0.15, 0.2) is 23.2 Å². The molecule has 0 aliphatic carbocycles. The number of aliphatic imine (C=N–C) groups is 1. The number of halogens is 3. The van der Waals surface area contributed by atoms with Crippen molar-refractivity contribution in [3.8, 4) is 11.5 Å². The minimum Gasteiger partial charge on any atom is -0.493 e. The molecule has 0 aliphatic heterocycles. The Morgan fingerprint density at radius 2 is 1.88 bits per heavy atom. The molecule has 3 N–H and O–H groups in total. The van der Waals surface area contributed by atoms with Gasteiger partial charge in [-0.3, -0.25) is 0 Å². The van der Waals surface area contributed by atoms with Crippen molar-refractivity contribution in [1.82, 2.24) is 5.32 Å². The third-order valence-electron chi connectivity index (χ3n) is 3.69. The summed E-state index contributed by atoms with van der Waals surface area (Å²) in [6, 6.07) is 5.02. The van der Waals surface area contributed by atoms with Crippen molar-refractivity contribution in [3.63, 3.8) is 0 Å². The van der Waals surface area contributed by atoms with Crippen LogP contribution in [-0.4, -0.2) is 25.7 Å². The summed E-state index contributed by atoms with van der Waals surface area (Å²) in [5.74, 6) is 1.26. The van der Waals surface area contributed by atoms with Gasteiger partial charge in [0.2, 0.25) is 0 Å². The van der Waals surface area contributed by atoms with E-state index in [9.17, 15) is 8.78 Å². The average Bonchev–Trinajstić information content (AvgIpc) is 2.52. The fraction of sp³-hybridized carbons (Fsp3) is 0.611. The molecule has 1 atom stereocenters. The molecule has 0 aromatic heterocycles. The Morgan fingerprint density at radius 1 is 1.19 bits per heavy atom. The molecule has 1 unspecified atom stereocenters. The van der Waals surface area contributed by atoms with E-state index < -0.39 is 6.61 Å². The molecular formula is C18H30F2IN3O2. The van der Waals surface area contributed by atoms with E-state index in [2.05, 4.69) is 35.8 Å². The van der Waals surface area contributed by atoms with Gasteiger partial charge >= 0.3 is 6.61 Å². The van der Waals surface area contributed by atoms with Gasteiger partial charge in [-0.1, -0.05) is 32.8 Å². The fourth-order valence-corrected chi connectivity index (χ4v) is 2.39. The summed E-state index contributed by atoms with van der Waals surface area (Å²) in [5, 5.41) is 3.15. The first kappa shape index (κ1) is 24.7. The van der Waals surface area contributed by atoms with Gasteiger partial charge in [0.1, 0.15) is 0 Å². The molecule has 8 heteroatoms. The van der Waals surface area contributed by atoms with Crippen LogP contribution in [0.1, 0.15) is 45.6 Å². The predicted molar refractivity (Wildman–Crippen MR) is 112 cm³/mol. The maximum absolute atomic E-state index is 12.4. The van der Waals surface area contributed by atoms with Crippen LogP contribution in [0.3, 0.4) is 0 Å². The molecule has 0 aliphatic rings. The highest BCUT2D eigenvalue weighted by atomic mass is 127. The SMILES string of the molecule is COc1ccc(CN=C(N)NC(C)CCCC(C)C)cc1OC(F)F.I. The van der Waals surface area contributed by atoms with Crippen LogP contribution in [-0.2, 0) is 6.54 Å². The van der Waals surface area contributed by atoms with E-state index in [1.807, 2.05) is 0 Å². The zero-order chi connectivity index (χ0) is 18.8. The monoisotopic (exact) mass is 485 g/mol. The zero-order valence-electron chi connectivity index (χ0n) is 15.8. The number of rotatable bonds is 10. The van der Waals surface area contributed by atoms with E-state index in [-0.39, 0.29) is 48.1 Å². The van der Waals surface area contributed by atoms with E-state index in [0.717, 1.165) is 12.8 Å². The molecular weight excluding hydrogens is 455 g/mol. The van der Waals surface area contributed by atoms with Crippen LogP contribution in [0.25, 0.3) is 0 Å². The van der Waals surface area contributed by atoms with Gasteiger partial charge in [0.05, 0.1) is 13.7 Å². The van der Waals surface area contributed by atoms with E-state index in [1.165, 1.54) is 19.6 Å². The molecule has 0 saturated heterocycles. The summed E-state index contributed by atoms with van der Waals surface area (Å²) in [6.07, 6.45) is 3.33. The van der Waals surface area contributed by atoms with Gasteiger partial charge in [0.15, 0.2) is 17.5 Å². The summed E-state index contributed by atoms with van der Waals surface area (Å²) in [5.41, 5.74) is 6.59. The van der Waals surface area contributed by atoms with Crippen molar-refractivity contribution in [2.45, 2.75) is 59.2 Å². The van der Waals surface area contributed by atoms with Crippen molar-refractivity contribution in [2.75, 3.05) is 7.11 Å². The van der Waals surface area contributed by atoms with Crippen LogP contribution in [0.2, 0.25) is 0 Å². The molecule has 0 spiro atoms. The van der Waals surface area contributed by atoms with E-state index in [1.54, 1.807) is 12.1 Å². The number of benzene rings is 1. The number of methoxy groups -OCH3 is 1. The summed E-state index contributed by atoms with van der Waals surface area (Å²) in [4.78, 5) is 4.25. The van der Waals surface area contributed by atoms with Crippen molar-refractivity contribution in [3.05, 3.63) is 23.8 Å². The molecule has 0 bridgehead atoms. The fourth-order valence-electron chi connectivity index (χ4n) is 2.39. The molecule has 1 rings (SSSR count). The molecule has 150 valence electrons. The van der Waals surface area contributed by atoms with E-state index >= 15 is 0 Å². The van der Waals surface area contributed by atoms with Gasteiger partial charge in [-0.15, -0.1) is 24.0 Å². The quantitative estimate of drug-likeness (QED) is 0.290. The molecule has 0 saturated carbocycles. The standard InChI is InChI=1S/C18H29F2N3O2.HI/c1-12(2)6-5-7-13(3)23-18(21)22-11-14-8-9-15(24-4)16(10-14)25-17(19)20;/h8-10,12-13,17H,5-7,11H2,1-4H3,(H3,21,22,23);1H. The Bertz CT molecular complexity index is 557. The molecule has 0 heterocycles. The number of nitrogens with zero attached hydrogens (tertiary/aromatic N) is 1. The van der Waals surface area contributed by atoms with Crippen molar-refractivity contribution < 1.29 is 18.3 Å². The summed E-state index contributed by atoms with van der Waals surface area (Å²) in [6.45, 7) is 3.82. The van der Waals surface area contributed by atoms with Crippen LogP contribution in [0.5, 0.6) is 11.5 Å². The number of alkyl halides is 2. The third kappa shape index (κ3) is 9.98. The molecule has 1 aromatic rings. The maximum Gasteiger partial charge on any atom is 0.387 e. The Balaban J connectivity index is 0.00000625. The smallest absolute Gasteiger partial charge is 0.387 e. The first-order valence-electron chi connectivity index (χ1n) is 8.50. The van der Waals surface area contributed by atoms with Gasteiger partial charge in [0, 0.05) is 6.04 Å². The molecule has 26 heavy (non-hydrogen) atoms. The average molecular weight is 485 g/mol. The maximum atomic E-state index is 12.4. The highest BCUT2D eigenvalue weighted by molar-refractivity contribution is 14.0. The Labute approximate surface area is 171 Å². The zero-order valence-corrected chi connectivity index (χ0v) is 18.1. The number of nitrogens with one attached hydrogen (secondary N) is 1. The topological polar surface area (TPSA) is 68.9 Å². The number of hydrogen-bond acceptors (Lipinski definition) is 3. The second-order valence-corrected chi connectivity index (χ2v) is 6.44. The predicted octanol–water partition coefficient (Wildman–Crippen LogP) is 4.53. The van der Waals surface area contributed by atoms with Crippen LogP contribution >= 0.6 is 24.0 Å². The minimum absolute atomic E-state index is 0. The number of guanidine groups is 1. The minimum atomic E-state index is -2.91. The van der Waals surface area contributed by atoms with Crippen molar-refractivity contribution in [1.29, 1.82) is 0 Å². The second-order valence-electron chi connectivity index (χ2n) is 6.44. The molecule has 0 fully saturated rings. The lowest BCUT2D eigenvalue weighted by atomic mass is 10.0. The molecule has 0 radical (unpaired) electrons. The molecule has 5 nitrogen and oxygen atoms in total. The number of hydrogen-bond donors (Lipinski definition) is 2. The molecule has 1 aromatic carbocycles. The van der Waals surface area contributed by atoms with Crippen LogP contribution in [0.4, 0.5) is 8.78 Å². The first-order valence-corrected chi connectivity index (χ1v) is 8.50. The largest absolute Gasteiger partial charge is 0.493 e. The van der Waals surface area contributed by atoms with Crippen molar-refractivity contribution in [2.24, 2.45) is 16.6 Å². The van der Waals surface area contributed by atoms with Gasteiger partial charge in [-0.05, 0) is 37.0 Å². The Hall–Kier alpha value is -1.32. The third-order valence-corrected chi connectivity index (χ3v) is 3.69. The Morgan fingerprint density at radius 3 is 2.46 bits per heavy atom. The summed E-state index contributed by atoms with van der Waals surface area (Å²) >= 11 is 0. The highest BCUT2D eigenvalue weighted by Gasteiger charge is 2.11. The second kappa shape index (κ2) is 12.9. The lowest BCUT2D eigenvalue weighted by Gasteiger charge is -2.15. The summed E-state index contributed by atoms with van der Waals surface area (Å²) in [7, 11) is 1.40. The summed E-state index contributed by atoms with van der Waals surface area (Å²) < 4.78 is 34.3. The lowest BCUT2D eigenvalue weighted by molar-refractivity contribution is -0.0512. The molecule has 0 amide bonds. The van der Waals surface area contributed by atoms with Gasteiger partial charge in [0.25, 0.3) is 0 Å².